The van der Waals surface area contributed by atoms with Crippen LogP contribution in [0.25, 0.3) is 0 Å². The minimum Gasteiger partial charge on any atom is -0.349 e. The molecule has 0 aliphatic carbocycles. The second kappa shape index (κ2) is 6.99. The van der Waals surface area contributed by atoms with E-state index in [1.54, 1.807) is 0 Å². The van der Waals surface area contributed by atoms with Crippen molar-refractivity contribution in [1.29, 1.82) is 0 Å². The van der Waals surface area contributed by atoms with Crippen molar-refractivity contribution in [2.75, 3.05) is 19.8 Å². The molecule has 2 unspecified atom stereocenters. The molecule has 0 spiro atoms. The third kappa shape index (κ3) is 3.44. The number of piperidine rings is 1. The van der Waals surface area contributed by atoms with Crippen LogP contribution in [0, 0.1) is 5.92 Å². The molecule has 6 nitrogen and oxygen atoms in total. The molecule has 2 aliphatic rings. The van der Waals surface area contributed by atoms with E-state index in [0.29, 0.717) is 26.2 Å². The van der Waals surface area contributed by atoms with Gasteiger partial charge in [-0.15, -0.1) is 0 Å². The fourth-order valence-corrected chi connectivity index (χ4v) is 4.87. The zero-order valence-electron chi connectivity index (χ0n) is 13.3. The summed E-state index contributed by atoms with van der Waals surface area (Å²) in [7, 11) is -3.96. The number of ether oxygens (including phenoxy) is 2. The minimum absolute atomic E-state index is 0.170. The fraction of sp³-hybridized carbons (Fsp3) is 0.667. The van der Waals surface area contributed by atoms with Crippen LogP contribution in [-0.2, 0) is 19.5 Å². The van der Waals surface area contributed by atoms with Gasteiger partial charge in [0.2, 0.25) is 10.0 Å². The van der Waals surface area contributed by atoms with Crippen molar-refractivity contribution >= 4 is 10.0 Å². The molecule has 2 aliphatic heterocycles. The number of alkyl halides is 2. The average Bonchev–Trinajstić information content (AvgIpc) is 3.09. The van der Waals surface area contributed by atoms with Crippen molar-refractivity contribution in [1.82, 2.24) is 9.29 Å². The summed E-state index contributed by atoms with van der Waals surface area (Å²) in [6.07, 6.45) is 0.156. The highest BCUT2D eigenvalue weighted by molar-refractivity contribution is 7.89. The maximum Gasteiger partial charge on any atom is 0.265 e. The van der Waals surface area contributed by atoms with Crippen molar-refractivity contribution in [2.24, 2.45) is 5.92 Å². The Bertz CT molecular complexity index is 680. The monoisotopic (exact) mass is 362 g/mol. The SMILES string of the molecule is CC1CCC(C2OCCO2)N(S(=O)(=O)c2cncc(C(F)F)c2)C1. The molecule has 0 radical (unpaired) electrons. The molecule has 0 aromatic carbocycles. The van der Waals surface area contributed by atoms with Gasteiger partial charge < -0.3 is 9.47 Å². The quantitative estimate of drug-likeness (QED) is 0.821. The topological polar surface area (TPSA) is 68.7 Å². The lowest BCUT2D eigenvalue weighted by Crippen LogP contribution is -2.52. The van der Waals surface area contributed by atoms with Gasteiger partial charge in [0.05, 0.1) is 19.3 Å². The third-order valence-corrected chi connectivity index (χ3v) is 6.23. The number of halogens is 2. The number of nitrogens with zero attached hydrogens (tertiary/aromatic N) is 2. The highest BCUT2D eigenvalue weighted by atomic mass is 32.2. The summed E-state index contributed by atoms with van der Waals surface area (Å²) in [4.78, 5) is 3.44. The van der Waals surface area contributed by atoms with Gasteiger partial charge in [0.1, 0.15) is 4.90 Å². The smallest absolute Gasteiger partial charge is 0.265 e. The van der Waals surface area contributed by atoms with Crippen LogP contribution < -0.4 is 0 Å². The fourth-order valence-electron chi connectivity index (χ4n) is 3.11. The maximum absolute atomic E-state index is 13.0. The summed E-state index contributed by atoms with van der Waals surface area (Å²) in [6.45, 7) is 3.11. The first-order valence-corrected chi connectivity index (χ1v) is 9.31. The van der Waals surface area contributed by atoms with E-state index in [1.807, 2.05) is 6.92 Å². The molecule has 3 rings (SSSR count). The minimum atomic E-state index is -3.96. The lowest BCUT2D eigenvalue weighted by atomic mass is 9.96. The molecule has 2 saturated heterocycles. The van der Waals surface area contributed by atoms with Crippen LogP contribution in [0.3, 0.4) is 0 Å². The Morgan fingerprint density at radius 2 is 1.96 bits per heavy atom. The van der Waals surface area contributed by atoms with Crippen LogP contribution in [0.15, 0.2) is 23.4 Å². The Morgan fingerprint density at radius 1 is 1.25 bits per heavy atom. The Balaban J connectivity index is 1.94. The van der Waals surface area contributed by atoms with Gasteiger partial charge in [0.25, 0.3) is 6.43 Å². The molecular formula is C15H20F2N2O4S. The molecule has 0 bridgehead atoms. The van der Waals surface area contributed by atoms with E-state index >= 15 is 0 Å². The largest absolute Gasteiger partial charge is 0.349 e. The standard InChI is InChI=1S/C15H20F2N2O4S/c1-10-2-3-13(15-22-4-5-23-15)19(9-10)24(20,21)12-6-11(14(16)17)7-18-8-12/h6-8,10,13-15H,2-5,9H2,1H3. The van der Waals surface area contributed by atoms with Gasteiger partial charge in [0.15, 0.2) is 6.29 Å². The van der Waals surface area contributed by atoms with Crippen LogP contribution in [-0.4, -0.2) is 49.8 Å². The molecule has 9 heteroatoms. The van der Waals surface area contributed by atoms with Gasteiger partial charge in [0, 0.05) is 24.5 Å². The van der Waals surface area contributed by atoms with Crippen LogP contribution in [0.5, 0.6) is 0 Å². The second-order valence-electron chi connectivity index (χ2n) is 6.19. The molecule has 0 N–H and O–H groups in total. The first kappa shape index (κ1) is 17.7. The van der Waals surface area contributed by atoms with E-state index in [2.05, 4.69) is 4.98 Å². The molecule has 2 fully saturated rings. The van der Waals surface area contributed by atoms with E-state index in [0.717, 1.165) is 24.9 Å². The van der Waals surface area contributed by atoms with Gasteiger partial charge in [-0.2, -0.15) is 4.31 Å². The molecule has 1 aromatic rings. The zero-order chi connectivity index (χ0) is 17.3. The lowest BCUT2D eigenvalue weighted by molar-refractivity contribution is -0.0948. The Morgan fingerprint density at radius 3 is 2.62 bits per heavy atom. The van der Waals surface area contributed by atoms with E-state index < -0.39 is 34.3 Å². The van der Waals surface area contributed by atoms with Gasteiger partial charge >= 0.3 is 0 Å². The molecule has 1 aromatic heterocycles. The van der Waals surface area contributed by atoms with Gasteiger partial charge in [-0.1, -0.05) is 6.92 Å². The van der Waals surface area contributed by atoms with Crippen LogP contribution in [0.1, 0.15) is 31.8 Å². The maximum atomic E-state index is 13.0. The predicted octanol–water partition coefficient (Wildman–Crippen LogP) is 2.18. The number of sulfonamides is 1. The number of hydrogen-bond acceptors (Lipinski definition) is 5. The molecule has 24 heavy (non-hydrogen) atoms. The summed E-state index contributed by atoms with van der Waals surface area (Å²) in [5.74, 6) is 0.170. The second-order valence-corrected chi connectivity index (χ2v) is 8.08. The highest BCUT2D eigenvalue weighted by Gasteiger charge is 2.42. The Hall–Kier alpha value is -1.16. The van der Waals surface area contributed by atoms with Crippen LogP contribution in [0.2, 0.25) is 0 Å². The first-order valence-electron chi connectivity index (χ1n) is 7.87. The van der Waals surface area contributed by atoms with Crippen molar-refractivity contribution in [3.63, 3.8) is 0 Å². The van der Waals surface area contributed by atoms with E-state index in [9.17, 15) is 17.2 Å². The van der Waals surface area contributed by atoms with Gasteiger partial charge in [-0.05, 0) is 24.8 Å². The lowest BCUT2D eigenvalue weighted by Gasteiger charge is -2.39. The van der Waals surface area contributed by atoms with E-state index in [1.165, 1.54) is 4.31 Å². The van der Waals surface area contributed by atoms with Crippen molar-refractivity contribution in [3.05, 3.63) is 24.0 Å². The molecule has 0 saturated carbocycles. The van der Waals surface area contributed by atoms with Crippen LogP contribution in [0.4, 0.5) is 8.78 Å². The van der Waals surface area contributed by atoms with Crippen molar-refractivity contribution in [3.8, 4) is 0 Å². The zero-order valence-corrected chi connectivity index (χ0v) is 14.1. The number of hydrogen-bond donors (Lipinski definition) is 0. The average molecular weight is 362 g/mol. The Labute approximate surface area is 139 Å². The summed E-state index contributed by atoms with van der Waals surface area (Å²) in [5.41, 5.74) is -0.411. The molecule has 2 atom stereocenters. The number of aromatic nitrogens is 1. The summed E-state index contributed by atoms with van der Waals surface area (Å²) >= 11 is 0. The summed E-state index contributed by atoms with van der Waals surface area (Å²) in [5, 5.41) is 0. The van der Waals surface area contributed by atoms with Crippen LogP contribution >= 0.6 is 0 Å². The normalized spacial score (nSPS) is 27.0. The molecule has 3 heterocycles. The van der Waals surface area contributed by atoms with Crippen molar-refractivity contribution < 1.29 is 26.7 Å². The Kier molecular flexibility index (Phi) is 5.14. The molecular weight excluding hydrogens is 342 g/mol. The number of pyridine rings is 1. The number of rotatable bonds is 4. The summed E-state index contributed by atoms with van der Waals surface area (Å²) < 4.78 is 64.1. The first-order chi connectivity index (χ1) is 11.4. The highest BCUT2D eigenvalue weighted by Crippen LogP contribution is 2.32. The van der Waals surface area contributed by atoms with Crippen molar-refractivity contribution in [2.45, 2.75) is 43.4 Å². The van der Waals surface area contributed by atoms with Gasteiger partial charge in [-0.3, -0.25) is 4.98 Å². The molecule has 134 valence electrons. The summed E-state index contributed by atoms with van der Waals surface area (Å²) in [6, 6.07) is 0.531. The van der Waals surface area contributed by atoms with E-state index in [-0.39, 0.29) is 10.8 Å². The third-order valence-electron chi connectivity index (χ3n) is 4.37. The predicted molar refractivity (Wildman–Crippen MR) is 81.0 cm³/mol. The van der Waals surface area contributed by atoms with Gasteiger partial charge in [-0.25, -0.2) is 17.2 Å². The van der Waals surface area contributed by atoms with E-state index in [4.69, 9.17) is 9.47 Å². The molecule has 0 amide bonds.